The number of hydrogen-bond donors (Lipinski definition) is 2. The Balaban J connectivity index is 1.66. The van der Waals surface area contributed by atoms with Crippen LogP contribution in [0.25, 0.3) is 0 Å². The van der Waals surface area contributed by atoms with E-state index in [1.54, 1.807) is 16.3 Å². The van der Waals surface area contributed by atoms with Crippen molar-refractivity contribution in [3.8, 4) is 0 Å². The molecule has 2 aromatic rings. The van der Waals surface area contributed by atoms with Crippen LogP contribution in [0.4, 0.5) is 0 Å². The Morgan fingerprint density at radius 3 is 3.09 bits per heavy atom. The van der Waals surface area contributed by atoms with Gasteiger partial charge in [0, 0.05) is 26.1 Å². The Hall–Kier alpha value is -2.38. The van der Waals surface area contributed by atoms with E-state index >= 15 is 0 Å². The molecule has 8 heteroatoms. The summed E-state index contributed by atoms with van der Waals surface area (Å²) in [5, 5.41) is 13.9. The van der Waals surface area contributed by atoms with Crippen molar-refractivity contribution in [2.45, 2.75) is 51.6 Å². The first-order chi connectivity index (χ1) is 11.1. The first kappa shape index (κ1) is 15.5. The van der Waals surface area contributed by atoms with Gasteiger partial charge in [0.25, 0.3) is 5.91 Å². The molecule has 0 saturated heterocycles. The van der Waals surface area contributed by atoms with Crippen LogP contribution in [0.3, 0.4) is 0 Å². The summed E-state index contributed by atoms with van der Waals surface area (Å²) >= 11 is 0. The quantitative estimate of drug-likeness (QED) is 0.852. The van der Waals surface area contributed by atoms with Gasteiger partial charge in [-0.2, -0.15) is 10.2 Å². The van der Waals surface area contributed by atoms with Gasteiger partial charge in [0.05, 0.1) is 5.69 Å². The fourth-order valence-corrected chi connectivity index (χ4v) is 3.03. The Kier molecular flexibility index (Phi) is 4.31. The Labute approximate surface area is 133 Å². The molecule has 0 saturated carbocycles. The molecule has 2 aromatic heterocycles. The van der Waals surface area contributed by atoms with Crippen molar-refractivity contribution in [2.24, 2.45) is 7.05 Å². The Morgan fingerprint density at radius 2 is 2.30 bits per heavy atom. The standard InChI is InChI=1S/C15H22N6O2/c1-3-4-11-9-12(20(2)19-11)14(22)16-10-5-6-13-17-18-15(23)21(13)8-7-10/h9-10H,3-8H2,1-2H3,(H,16,22)(H,18,23). The maximum Gasteiger partial charge on any atom is 0.343 e. The van der Waals surface area contributed by atoms with Crippen molar-refractivity contribution in [3.05, 3.63) is 33.8 Å². The highest BCUT2D eigenvalue weighted by atomic mass is 16.2. The van der Waals surface area contributed by atoms with Gasteiger partial charge in [0.2, 0.25) is 0 Å². The molecule has 124 valence electrons. The third kappa shape index (κ3) is 3.20. The highest BCUT2D eigenvalue weighted by Gasteiger charge is 2.22. The molecule has 1 amide bonds. The average molecular weight is 318 g/mol. The number of carbonyl (C=O) groups is 1. The number of aromatic nitrogens is 5. The zero-order valence-corrected chi connectivity index (χ0v) is 13.5. The number of H-pyrrole nitrogens is 1. The van der Waals surface area contributed by atoms with Gasteiger partial charge in [0.1, 0.15) is 11.5 Å². The topological polar surface area (TPSA) is 97.6 Å². The maximum absolute atomic E-state index is 12.5. The minimum Gasteiger partial charge on any atom is -0.348 e. The first-order valence-electron chi connectivity index (χ1n) is 8.06. The van der Waals surface area contributed by atoms with E-state index in [0.717, 1.165) is 37.2 Å². The number of nitrogens with zero attached hydrogens (tertiary/aromatic N) is 4. The number of nitrogens with one attached hydrogen (secondary N) is 2. The van der Waals surface area contributed by atoms with Crippen LogP contribution in [-0.2, 0) is 26.4 Å². The summed E-state index contributed by atoms with van der Waals surface area (Å²) in [5.74, 6) is 0.651. The van der Waals surface area contributed by atoms with E-state index in [4.69, 9.17) is 0 Å². The fourth-order valence-electron chi connectivity index (χ4n) is 3.03. The second-order valence-electron chi connectivity index (χ2n) is 5.99. The molecular weight excluding hydrogens is 296 g/mol. The van der Waals surface area contributed by atoms with Crippen LogP contribution >= 0.6 is 0 Å². The molecule has 8 nitrogen and oxygen atoms in total. The van der Waals surface area contributed by atoms with E-state index in [-0.39, 0.29) is 17.6 Å². The molecule has 0 spiro atoms. The predicted octanol–water partition coefficient (Wildman–Crippen LogP) is 0.392. The van der Waals surface area contributed by atoms with Crippen LogP contribution in [0.2, 0.25) is 0 Å². The highest BCUT2D eigenvalue weighted by Crippen LogP contribution is 2.13. The number of rotatable bonds is 4. The van der Waals surface area contributed by atoms with Crippen molar-refractivity contribution < 1.29 is 4.79 Å². The molecule has 1 aliphatic heterocycles. The van der Waals surface area contributed by atoms with Crippen LogP contribution in [0.1, 0.15) is 48.2 Å². The van der Waals surface area contributed by atoms with Crippen LogP contribution < -0.4 is 11.0 Å². The summed E-state index contributed by atoms with van der Waals surface area (Å²) in [7, 11) is 1.79. The summed E-state index contributed by atoms with van der Waals surface area (Å²) in [5.41, 5.74) is 1.34. The van der Waals surface area contributed by atoms with E-state index in [0.29, 0.717) is 18.7 Å². The third-order valence-electron chi connectivity index (χ3n) is 4.26. The lowest BCUT2D eigenvalue weighted by molar-refractivity contribution is 0.0923. The summed E-state index contributed by atoms with van der Waals surface area (Å²) in [4.78, 5) is 24.1. The lowest BCUT2D eigenvalue weighted by Crippen LogP contribution is -2.36. The van der Waals surface area contributed by atoms with Gasteiger partial charge in [-0.3, -0.25) is 14.0 Å². The number of aryl methyl sites for hydroxylation is 3. The average Bonchev–Trinajstić information content (AvgIpc) is 2.98. The molecule has 1 atom stereocenters. The largest absolute Gasteiger partial charge is 0.348 e. The molecular formula is C15H22N6O2. The number of aromatic amines is 1. The van der Waals surface area contributed by atoms with E-state index in [1.807, 2.05) is 6.07 Å². The van der Waals surface area contributed by atoms with E-state index in [1.165, 1.54) is 0 Å². The molecule has 3 rings (SSSR count). The van der Waals surface area contributed by atoms with Crippen molar-refractivity contribution >= 4 is 5.91 Å². The molecule has 1 unspecified atom stereocenters. The molecule has 0 bridgehead atoms. The van der Waals surface area contributed by atoms with Crippen molar-refractivity contribution in [2.75, 3.05) is 0 Å². The Morgan fingerprint density at radius 1 is 1.48 bits per heavy atom. The molecule has 2 N–H and O–H groups in total. The zero-order valence-electron chi connectivity index (χ0n) is 13.5. The monoisotopic (exact) mass is 318 g/mol. The smallest absolute Gasteiger partial charge is 0.343 e. The third-order valence-corrected chi connectivity index (χ3v) is 4.26. The first-order valence-corrected chi connectivity index (χ1v) is 8.06. The number of hydrogen-bond acceptors (Lipinski definition) is 4. The van der Waals surface area contributed by atoms with Crippen molar-refractivity contribution in [1.82, 2.24) is 29.9 Å². The summed E-state index contributed by atoms with van der Waals surface area (Å²) in [6, 6.07) is 1.89. The summed E-state index contributed by atoms with van der Waals surface area (Å²) in [6.45, 7) is 2.66. The van der Waals surface area contributed by atoms with E-state index < -0.39 is 0 Å². The van der Waals surface area contributed by atoms with Crippen LogP contribution in [0.15, 0.2) is 10.9 Å². The zero-order chi connectivity index (χ0) is 16.4. The Bertz CT molecular complexity index is 756. The van der Waals surface area contributed by atoms with Crippen LogP contribution in [0.5, 0.6) is 0 Å². The molecule has 0 aliphatic carbocycles. The van der Waals surface area contributed by atoms with Gasteiger partial charge in [-0.1, -0.05) is 13.3 Å². The fraction of sp³-hybridized carbons (Fsp3) is 0.600. The van der Waals surface area contributed by atoms with Gasteiger partial charge in [-0.25, -0.2) is 9.89 Å². The molecule has 0 aromatic carbocycles. The predicted molar refractivity (Wildman–Crippen MR) is 84.2 cm³/mol. The van der Waals surface area contributed by atoms with Crippen LogP contribution in [0, 0.1) is 0 Å². The number of fused-ring (bicyclic) bond motifs is 1. The van der Waals surface area contributed by atoms with Gasteiger partial charge in [-0.15, -0.1) is 0 Å². The van der Waals surface area contributed by atoms with E-state index in [2.05, 4.69) is 27.5 Å². The maximum atomic E-state index is 12.5. The lowest BCUT2D eigenvalue weighted by atomic mass is 10.1. The second-order valence-corrected chi connectivity index (χ2v) is 5.99. The molecule has 0 radical (unpaired) electrons. The lowest BCUT2D eigenvalue weighted by Gasteiger charge is -2.15. The minimum absolute atomic E-state index is 0.0353. The normalized spacial score (nSPS) is 17.6. The van der Waals surface area contributed by atoms with Crippen molar-refractivity contribution in [3.63, 3.8) is 0 Å². The molecule has 23 heavy (non-hydrogen) atoms. The summed E-state index contributed by atoms with van der Waals surface area (Å²) < 4.78 is 3.28. The van der Waals surface area contributed by atoms with E-state index in [9.17, 15) is 9.59 Å². The number of amides is 1. The van der Waals surface area contributed by atoms with Crippen molar-refractivity contribution in [1.29, 1.82) is 0 Å². The van der Waals surface area contributed by atoms with Gasteiger partial charge in [0.15, 0.2) is 0 Å². The molecule has 0 fully saturated rings. The minimum atomic E-state index is -0.178. The highest BCUT2D eigenvalue weighted by molar-refractivity contribution is 5.92. The molecule has 3 heterocycles. The van der Waals surface area contributed by atoms with Gasteiger partial charge >= 0.3 is 5.69 Å². The molecule has 1 aliphatic rings. The van der Waals surface area contributed by atoms with Gasteiger partial charge in [-0.05, 0) is 25.3 Å². The second kappa shape index (κ2) is 6.39. The summed E-state index contributed by atoms with van der Waals surface area (Å²) in [6.07, 6.45) is 4.04. The SMILES string of the molecule is CCCc1cc(C(=O)NC2CCc3n[nH]c(=O)n3CC2)n(C)n1. The van der Waals surface area contributed by atoms with Gasteiger partial charge < -0.3 is 5.32 Å². The van der Waals surface area contributed by atoms with Crippen LogP contribution in [-0.4, -0.2) is 36.5 Å². The number of carbonyl (C=O) groups excluding carboxylic acids is 1.